The summed E-state index contributed by atoms with van der Waals surface area (Å²) in [5, 5.41) is 9.09. The highest BCUT2D eigenvalue weighted by Gasteiger charge is 1.98. The van der Waals surface area contributed by atoms with Crippen LogP contribution in [0.15, 0.2) is 36.1 Å². The quantitative estimate of drug-likeness (QED) is 0.534. The lowest BCUT2D eigenvalue weighted by Gasteiger charge is -1.93. The Morgan fingerprint density at radius 3 is 2.42 bits per heavy atom. The van der Waals surface area contributed by atoms with Gasteiger partial charge in [-0.05, 0) is 11.6 Å². The van der Waals surface area contributed by atoms with Crippen molar-refractivity contribution in [2.45, 2.75) is 6.92 Å². The van der Waals surface area contributed by atoms with Crippen molar-refractivity contribution in [2.24, 2.45) is 0 Å². The maximum Gasteiger partial charge on any atom is 0.194 e. The molecule has 0 fully saturated rings. The Balaban J connectivity index is 2.89. The Morgan fingerprint density at radius 2 is 1.92 bits per heavy atom. The number of rotatable bonds is 2. The van der Waals surface area contributed by atoms with E-state index in [0.717, 1.165) is 5.56 Å². The van der Waals surface area contributed by atoms with Crippen molar-refractivity contribution in [3.05, 3.63) is 41.7 Å². The van der Waals surface area contributed by atoms with E-state index in [1.54, 1.807) is 0 Å². The summed E-state index contributed by atoms with van der Waals surface area (Å²) in [6.45, 7) is 1.33. The molecule has 0 saturated heterocycles. The SMILES string of the molecule is CC(=O)/C(O)=C/c1ccccc1. The van der Waals surface area contributed by atoms with Gasteiger partial charge in [-0.1, -0.05) is 30.3 Å². The van der Waals surface area contributed by atoms with E-state index in [4.69, 9.17) is 5.11 Å². The summed E-state index contributed by atoms with van der Waals surface area (Å²) in [6, 6.07) is 9.21. The Morgan fingerprint density at radius 1 is 1.33 bits per heavy atom. The molecular weight excluding hydrogens is 152 g/mol. The number of hydrogen-bond donors (Lipinski definition) is 1. The highest BCUT2D eigenvalue weighted by molar-refractivity contribution is 5.95. The maximum atomic E-state index is 10.6. The zero-order valence-electron chi connectivity index (χ0n) is 6.82. The van der Waals surface area contributed by atoms with Crippen LogP contribution < -0.4 is 0 Å². The first-order valence-corrected chi connectivity index (χ1v) is 3.67. The van der Waals surface area contributed by atoms with Crippen LogP contribution in [0.25, 0.3) is 6.08 Å². The van der Waals surface area contributed by atoms with E-state index in [1.807, 2.05) is 30.3 Å². The summed E-state index contributed by atoms with van der Waals surface area (Å²) in [5.41, 5.74) is 0.824. The molecule has 12 heavy (non-hydrogen) atoms. The lowest BCUT2D eigenvalue weighted by Crippen LogP contribution is -1.93. The third-order valence-electron chi connectivity index (χ3n) is 1.46. The van der Waals surface area contributed by atoms with Crippen LogP contribution in [-0.2, 0) is 4.79 Å². The predicted molar refractivity (Wildman–Crippen MR) is 47.7 cm³/mol. The molecule has 0 unspecified atom stereocenters. The van der Waals surface area contributed by atoms with Gasteiger partial charge in [0.2, 0.25) is 0 Å². The van der Waals surface area contributed by atoms with Crippen LogP contribution in [0.4, 0.5) is 0 Å². The lowest BCUT2D eigenvalue weighted by atomic mass is 10.2. The molecule has 1 N–H and O–H groups in total. The molecular formula is C10H10O2. The minimum absolute atomic E-state index is 0.207. The number of benzene rings is 1. The number of allylic oxidation sites excluding steroid dienone is 1. The van der Waals surface area contributed by atoms with Gasteiger partial charge >= 0.3 is 0 Å². The van der Waals surface area contributed by atoms with Crippen molar-refractivity contribution in [2.75, 3.05) is 0 Å². The van der Waals surface area contributed by atoms with E-state index in [9.17, 15) is 4.79 Å². The molecule has 0 saturated carbocycles. The average Bonchev–Trinajstić information content (AvgIpc) is 2.06. The third kappa shape index (κ3) is 2.23. The second-order valence-corrected chi connectivity index (χ2v) is 2.50. The smallest absolute Gasteiger partial charge is 0.194 e. The van der Waals surface area contributed by atoms with Crippen LogP contribution in [0, 0.1) is 0 Å². The molecule has 0 amide bonds. The second kappa shape index (κ2) is 3.72. The maximum absolute atomic E-state index is 10.6. The molecule has 0 aliphatic rings. The number of Topliss-reactive ketones (excluding diaryl/α,β-unsaturated/α-hetero) is 1. The molecule has 2 nitrogen and oxygen atoms in total. The minimum atomic E-state index is -0.321. The first kappa shape index (κ1) is 8.53. The van der Waals surface area contributed by atoms with Crippen LogP contribution >= 0.6 is 0 Å². The van der Waals surface area contributed by atoms with E-state index in [1.165, 1.54) is 13.0 Å². The summed E-state index contributed by atoms with van der Waals surface area (Å²) in [4.78, 5) is 10.6. The van der Waals surface area contributed by atoms with Crippen molar-refractivity contribution in [3.63, 3.8) is 0 Å². The molecule has 0 bridgehead atoms. The van der Waals surface area contributed by atoms with Gasteiger partial charge in [0.25, 0.3) is 0 Å². The molecule has 1 rings (SSSR count). The van der Waals surface area contributed by atoms with Gasteiger partial charge in [0.1, 0.15) is 0 Å². The Kier molecular flexibility index (Phi) is 2.64. The molecule has 1 aromatic rings. The summed E-state index contributed by atoms with van der Waals surface area (Å²) >= 11 is 0. The standard InChI is InChI=1S/C10H10O2/c1-8(11)10(12)7-9-5-3-2-4-6-9/h2-7,12H,1H3/b10-7-. The fourth-order valence-corrected chi connectivity index (χ4v) is 0.809. The Bertz CT molecular complexity index is 299. The first-order valence-electron chi connectivity index (χ1n) is 3.67. The fourth-order valence-electron chi connectivity index (χ4n) is 0.809. The second-order valence-electron chi connectivity index (χ2n) is 2.50. The van der Waals surface area contributed by atoms with Gasteiger partial charge in [-0.3, -0.25) is 4.79 Å². The van der Waals surface area contributed by atoms with Crippen molar-refractivity contribution in [3.8, 4) is 0 Å². The zero-order valence-corrected chi connectivity index (χ0v) is 6.82. The molecule has 0 aromatic heterocycles. The number of aliphatic hydroxyl groups excluding tert-OH is 1. The lowest BCUT2D eigenvalue weighted by molar-refractivity contribution is -0.115. The molecule has 0 heterocycles. The largest absolute Gasteiger partial charge is 0.504 e. The number of aliphatic hydroxyl groups is 1. The normalized spacial score (nSPS) is 11.2. The van der Waals surface area contributed by atoms with Gasteiger partial charge in [0.05, 0.1) is 0 Å². The Hall–Kier alpha value is -1.57. The van der Waals surface area contributed by atoms with E-state index >= 15 is 0 Å². The summed E-state index contributed by atoms with van der Waals surface area (Å²) < 4.78 is 0. The number of carbonyl (C=O) groups excluding carboxylic acids is 1. The third-order valence-corrected chi connectivity index (χ3v) is 1.46. The molecule has 0 spiro atoms. The molecule has 0 aliphatic heterocycles. The van der Waals surface area contributed by atoms with Crippen LogP contribution in [0.3, 0.4) is 0 Å². The van der Waals surface area contributed by atoms with Crippen molar-refractivity contribution < 1.29 is 9.90 Å². The van der Waals surface area contributed by atoms with Crippen LogP contribution in [-0.4, -0.2) is 10.9 Å². The molecule has 0 radical (unpaired) electrons. The van der Waals surface area contributed by atoms with Crippen LogP contribution in [0.5, 0.6) is 0 Å². The predicted octanol–water partition coefficient (Wildman–Crippen LogP) is 2.17. The van der Waals surface area contributed by atoms with Gasteiger partial charge in [0.15, 0.2) is 11.5 Å². The highest BCUT2D eigenvalue weighted by atomic mass is 16.3. The summed E-state index contributed by atoms with van der Waals surface area (Å²) in [6.07, 6.45) is 1.45. The summed E-state index contributed by atoms with van der Waals surface area (Å²) in [5.74, 6) is -0.528. The molecule has 62 valence electrons. The monoisotopic (exact) mass is 162 g/mol. The number of carbonyl (C=O) groups is 1. The van der Waals surface area contributed by atoms with Gasteiger partial charge < -0.3 is 5.11 Å². The van der Waals surface area contributed by atoms with Gasteiger partial charge in [0, 0.05) is 6.92 Å². The average molecular weight is 162 g/mol. The first-order chi connectivity index (χ1) is 5.70. The van der Waals surface area contributed by atoms with E-state index in [2.05, 4.69) is 0 Å². The topological polar surface area (TPSA) is 37.3 Å². The van der Waals surface area contributed by atoms with Gasteiger partial charge in [-0.2, -0.15) is 0 Å². The molecule has 0 atom stereocenters. The van der Waals surface area contributed by atoms with Crippen molar-refractivity contribution in [1.82, 2.24) is 0 Å². The number of ketones is 1. The van der Waals surface area contributed by atoms with Crippen molar-refractivity contribution >= 4 is 11.9 Å². The summed E-state index contributed by atoms with van der Waals surface area (Å²) in [7, 11) is 0. The Labute approximate surface area is 71.2 Å². The van der Waals surface area contributed by atoms with E-state index < -0.39 is 0 Å². The molecule has 0 aliphatic carbocycles. The molecule has 2 heteroatoms. The fraction of sp³-hybridized carbons (Fsp3) is 0.100. The number of hydrogen-bond acceptors (Lipinski definition) is 2. The van der Waals surface area contributed by atoms with Crippen LogP contribution in [0.1, 0.15) is 12.5 Å². The molecule has 1 aromatic carbocycles. The van der Waals surface area contributed by atoms with E-state index in [0.29, 0.717) is 0 Å². The van der Waals surface area contributed by atoms with Crippen molar-refractivity contribution in [1.29, 1.82) is 0 Å². The van der Waals surface area contributed by atoms with Crippen LogP contribution in [0.2, 0.25) is 0 Å². The van der Waals surface area contributed by atoms with E-state index in [-0.39, 0.29) is 11.5 Å². The minimum Gasteiger partial charge on any atom is -0.504 e. The highest BCUT2D eigenvalue weighted by Crippen LogP contribution is 2.04. The van der Waals surface area contributed by atoms with Gasteiger partial charge in [-0.25, -0.2) is 0 Å². The van der Waals surface area contributed by atoms with Gasteiger partial charge in [-0.15, -0.1) is 0 Å². The zero-order chi connectivity index (χ0) is 8.97.